The minimum atomic E-state index is -4.79. The molecular formula is C32H30F3N5O4S2. The van der Waals surface area contributed by atoms with Gasteiger partial charge in [-0.2, -0.15) is 18.2 Å². The van der Waals surface area contributed by atoms with Gasteiger partial charge in [-0.25, -0.2) is 4.79 Å². The monoisotopic (exact) mass is 669 g/mol. The number of pyridine rings is 1. The number of piperidine rings is 1. The van der Waals surface area contributed by atoms with Crippen molar-refractivity contribution in [2.75, 3.05) is 23.7 Å². The number of halogens is 3. The Bertz CT molecular complexity index is 1900. The number of ether oxygens (including phenoxy) is 1. The van der Waals surface area contributed by atoms with E-state index in [0.29, 0.717) is 24.4 Å². The Balaban J connectivity index is 1.59. The van der Waals surface area contributed by atoms with Gasteiger partial charge in [-0.15, -0.1) is 23.1 Å². The van der Waals surface area contributed by atoms with E-state index >= 15 is 13.2 Å². The Kier molecular flexibility index (Phi) is 8.44. The number of thiophene rings is 1. The summed E-state index contributed by atoms with van der Waals surface area (Å²) in [5.41, 5.74) is 4.25. The maximum Gasteiger partial charge on any atom is 0.417 e. The van der Waals surface area contributed by atoms with Gasteiger partial charge in [-0.3, -0.25) is 19.1 Å². The minimum absolute atomic E-state index is 0.0363. The maximum absolute atomic E-state index is 15.0. The Hall–Kier alpha value is -4.17. The van der Waals surface area contributed by atoms with Crippen LogP contribution in [0.2, 0.25) is 0 Å². The van der Waals surface area contributed by atoms with E-state index in [2.05, 4.69) is 16.5 Å². The number of primary amides is 1. The maximum atomic E-state index is 15.0. The van der Waals surface area contributed by atoms with E-state index in [0.717, 1.165) is 29.2 Å². The summed E-state index contributed by atoms with van der Waals surface area (Å²) in [4.78, 5) is 49.0. The molecule has 1 fully saturated rings. The molecule has 14 heteroatoms. The second-order valence-corrected chi connectivity index (χ2v) is 13.6. The molecule has 0 bridgehead atoms. The average molecular weight is 670 g/mol. The molecule has 2 aliphatic rings. The molecule has 1 saturated heterocycles. The van der Waals surface area contributed by atoms with Crippen molar-refractivity contribution in [3.8, 4) is 16.9 Å². The molecule has 2 unspecified atom stereocenters. The van der Waals surface area contributed by atoms with Crippen LogP contribution in [0.1, 0.15) is 29.1 Å². The first kappa shape index (κ1) is 31.8. The largest absolute Gasteiger partial charge is 0.488 e. The smallest absolute Gasteiger partial charge is 0.417 e. The molecule has 2 N–H and O–H groups in total. The Morgan fingerprint density at radius 3 is 2.43 bits per heavy atom. The highest BCUT2D eigenvalue weighted by Crippen LogP contribution is 2.49. The van der Waals surface area contributed by atoms with Crippen molar-refractivity contribution in [3.05, 3.63) is 75.6 Å². The van der Waals surface area contributed by atoms with Crippen LogP contribution in [0.25, 0.3) is 22.0 Å². The average Bonchev–Trinajstić information content (AvgIpc) is 3.42. The van der Waals surface area contributed by atoms with Crippen LogP contribution in [0.4, 0.5) is 19.0 Å². The third-order valence-corrected chi connectivity index (χ3v) is 10.6. The van der Waals surface area contributed by atoms with E-state index in [9.17, 15) is 14.4 Å². The summed E-state index contributed by atoms with van der Waals surface area (Å²) in [5.74, 6) is -0.637. The Morgan fingerprint density at radius 1 is 1.13 bits per heavy atom. The van der Waals surface area contributed by atoms with Gasteiger partial charge < -0.3 is 15.4 Å². The first-order valence-corrected chi connectivity index (χ1v) is 16.4. The van der Waals surface area contributed by atoms with E-state index in [-0.39, 0.29) is 67.9 Å². The molecule has 6 rings (SSSR count). The van der Waals surface area contributed by atoms with E-state index in [1.165, 1.54) is 22.1 Å². The summed E-state index contributed by atoms with van der Waals surface area (Å²) >= 11 is 2.11. The van der Waals surface area contributed by atoms with Crippen LogP contribution in [-0.2, 0) is 17.5 Å². The number of amides is 1. The van der Waals surface area contributed by atoms with Crippen molar-refractivity contribution in [3.63, 3.8) is 0 Å². The van der Waals surface area contributed by atoms with Crippen LogP contribution in [0.5, 0.6) is 5.75 Å². The third-order valence-electron chi connectivity index (χ3n) is 8.46. The number of rotatable bonds is 7. The molecule has 1 aromatic carbocycles. The number of aromatic nitrogens is 3. The summed E-state index contributed by atoms with van der Waals surface area (Å²) in [6.07, 6.45) is -0.973. The molecule has 2 aliphatic heterocycles. The summed E-state index contributed by atoms with van der Waals surface area (Å²) in [5, 5.41) is 1.64. The molecule has 3 aromatic heterocycles. The van der Waals surface area contributed by atoms with Gasteiger partial charge in [0.05, 0.1) is 22.5 Å². The lowest BCUT2D eigenvalue weighted by molar-refractivity contribution is -0.137. The van der Waals surface area contributed by atoms with E-state index < -0.39 is 29.4 Å². The molecule has 9 nitrogen and oxygen atoms in total. The predicted octanol–water partition coefficient (Wildman–Crippen LogP) is 5.65. The number of thioether (sulfide) groups is 1. The van der Waals surface area contributed by atoms with Crippen molar-refractivity contribution in [2.24, 2.45) is 23.5 Å². The quantitative estimate of drug-likeness (QED) is 0.251. The van der Waals surface area contributed by atoms with Crippen LogP contribution < -0.4 is 21.1 Å². The van der Waals surface area contributed by atoms with Crippen LogP contribution in [0, 0.1) is 17.8 Å². The number of alkyl halides is 3. The van der Waals surface area contributed by atoms with Gasteiger partial charge in [-0.05, 0) is 53.1 Å². The number of allylic oxidation sites excluding steroid dienone is 1. The van der Waals surface area contributed by atoms with Crippen molar-refractivity contribution in [1.29, 1.82) is 0 Å². The molecule has 1 amide bonds. The number of hydrogen-bond acceptors (Lipinski definition) is 9. The second-order valence-electron chi connectivity index (χ2n) is 11.6. The molecule has 4 atom stereocenters. The second kappa shape index (κ2) is 12.2. The number of nitrogens with zero attached hydrogens (tertiary/aromatic N) is 4. The van der Waals surface area contributed by atoms with Crippen molar-refractivity contribution in [2.45, 2.75) is 37.6 Å². The predicted molar refractivity (Wildman–Crippen MR) is 171 cm³/mol. The first-order chi connectivity index (χ1) is 21.9. The zero-order chi connectivity index (χ0) is 32.9. The number of carbonyl (C=O) groups excluding carboxylic acids is 2. The number of nitrogens with two attached hydrogens (primary N) is 1. The van der Waals surface area contributed by atoms with E-state index in [1.807, 2.05) is 18.7 Å². The van der Waals surface area contributed by atoms with E-state index in [1.54, 1.807) is 24.5 Å². The number of anilines is 1. The Morgan fingerprint density at radius 2 is 1.83 bits per heavy atom. The fourth-order valence-electron chi connectivity index (χ4n) is 6.59. The molecule has 4 aromatic rings. The fourth-order valence-corrected chi connectivity index (χ4v) is 8.60. The molecule has 0 saturated carbocycles. The zero-order valence-corrected chi connectivity index (χ0v) is 26.5. The summed E-state index contributed by atoms with van der Waals surface area (Å²) in [6, 6.07) is 5.73. The molecule has 240 valence electrons. The normalized spacial score (nSPS) is 21.5. The fraction of sp³-hybridized carbons (Fsp3) is 0.344. The number of benzene rings is 1. The molecule has 0 radical (unpaired) electrons. The lowest BCUT2D eigenvalue weighted by atomic mass is 9.76. The standard InChI is InChI=1S/C32H30F3N5O4S2/c1-4-23(41)25-16(2)11-39(12-17(25)3)30-21-10-22(32(33,34)35)26(18-9-24(29(36)42)45-14-18)28-27(21)40(31(43)38-30)13-20(15-46-28)44-19-5-7-37-8-6-19/h4-10,14,16-17,20,25H,1,11-13,15H2,2-3H3,(H2,36,42)/t16-,17+,20?,25?. The molecule has 5 heterocycles. The summed E-state index contributed by atoms with van der Waals surface area (Å²) in [7, 11) is 0. The van der Waals surface area contributed by atoms with Crippen LogP contribution in [0.15, 0.2) is 64.4 Å². The van der Waals surface area contributed by atoms with Gasteiger partial charge >= 0.3 is 11.9 Å². The molecule has 46 heavy (non-hydrogen) atoms. The van der Waals surface area contributed by atoms with Gasteiger partial charge in [0.15, 0.2) is 5.78 Å². The van der Waals surface area contributed by atoms with Crippen LogP contribution in [0.3, 0.4) is 0 Å². The highest BCUT2D eigenvalue weighted by molar-refractivity contribution is 7.99. The number of hydrogen-bond donors (Lipinski definition) is 1. The SMILES string of the molecule is C=CC(=O)C1[C@H](C)CN(c2nc(=O)n3c4c(c(-c5csc(C(N)=O)c5)c(C(F)(F)F)cc24)SCC(Oc2ccncc2)C3)C[C@@H]1C. The van der Waals surface area contributed by atoms with Crippen molar-refractivity contribution >= 4 is 51.5 Å². The van der Waals surface area contributed by atoms with Gasteiger partial charge in [-0.1, -0.05) is 20.4 Å². The summed E-state index contributed by atoms with van der Waals surface area (Å²) in [6.45, 7) is 8.09. The number of ketones is 1. The molecule has 0 aliphatic carbocycles. The third kappa shape index (κ3) is 5.79. The van der Waals surface area contributed by atoms with Gasteiger partial charge in [0.25, 0.3) is 5.91 Å². The Labute approximate surface area is 270 Å². The van der Waals surface area contributed by atoms with Crippen molar-refractivity contribution in [1.82, 2.24) is 14.5 Å². The highest BCUT2D eigenvalue weighted by Gasteiger charge is 2.41. The van der Waals surface area contributed by atoms with Gasteiger partial charge in [0.2, 0.25) is 0 Å². The minimum Gasteiger partial charge on any atom is -0.488 e. The lowest BCUT2D eigenvalue weighted by Gasteiger charge is -2.41. The lowest BCUT2D eigenvalue weighted by Crippen LogP contribution is -2.48. The summed E-state index contributed by atoms with van der Waals surface area (Å²) < 4.78 is 52.6. The highest BCUT2D eigenvalue weighted by atomic mass is 32.2. The van der Waals surface area contributed by atoms with Crippen LogP contribution in [-0.4, -0.2) is 51.2 Å². The molecule has 0 spiro atoms. The first-order valence-electron chi connectivity index (χ1n) is 14.6. The zero-order valence-electron chi connectivity index (χ0n) is 24.9. The molecular weight excluding hydrogens is 640 g/mol. The van der Waals surface area contributed by atoms with E-state index in [4.69, 9.17) is 10.5 Å². The van der Waals surface area contributed by atoms with Gasteiger partial charge in [0.1, 0.15) is 17.7 Å². The van der Waals surface area contributed by atoms with Crippen LogP contribution >= 0.6 is 23.1 Å². The van der Waals surface area contributed by atoms with Crippen molar-refractivity contribution < 1.29 is 27.5 Å². The van der Waals surface area contributed by atoms with Gasteiger partial charge in [0, 0.05) is 53.0 Å². The number of carbonyl (C=O) groups is 2. The topological polar surface area (TPSA) is 120 Å².